The van der Waals surface area contributed by atoms with Crippen LogP contribution in [0.25, 0.3) is 5.69 Å². The Morgan fingerprint density at radius 3 is 2.64 bits per heavy atom. The Hall–Kier alpha value is -2.89. The molecular weight excluding hydrogens is 282 g/mol. The van der Waals surface area contributed by atoms with E-state index in [4.69, 9.17) is 9.26 Å². The molecule has 0 aliphatic heterocycles. The number of carbonyl (C=O) groups excluding carboxylic acids is 1. The minimum absolute atomic E-state index is 0.141. The molecule has 0 amide bonds. The van der Waals surface area contributed by atoms with Gasteiger partial charge in [-0.1, -0.05) is 5.16 Å². The number of benzene rings is 1. The van der Waals surface area contributed by atoms with E-state index in [1.54, 1.807) is 36.9 Å². The molecule has 0 saturated carbocycles. The van der Waals surface area contributed by atoms with Gasteiger partial charge in [-0.15, -0.1) is 0 Å². The van der Waals surface area contributed by atoms with Gasteiger partial charge >= 0.3 is 5.97 Å². The van der Waals surface area contributed by atoms with Crippen molar-refractivity contribution in [1.29, 1.82) is 0 Å². The van der Waals surface area contributed by atoms with Crippen molar-refractivity contribution in [1.82, 2.24) is 14.9 Å². The first kappa shape index (κ1) is 14.1. The second-order valence-electron chi connectivity index (χ2n) is 4.90. The molecule has 0 aliphatic carbocycles. The molecule has 1 aromatic carbocycles. The van der Waals surface area contributed by atoms with E-state index in [1.165, 1.54) is 0 Å². The van der Waals surface area contributed by atoms with Crippen molar-refractivity contribution in [3.05, 3.63) is 59.7 Å². The van der Waals surface area contributed by atoms with Gasteiger partial charge in [0.05, 0.1) is 17.8 Å². The molecule has 0 atom stereocenters. The molecule has 2 heterocycles. The SMILES string of the molecule is Cc1noc(C)c1CC(=O)Oc1ccc(-n2cccn2)cc1. The van der Waals surface area contributed by atoms with Crippen LogP contribution in [0.5, 0.6) is 5.75 Å². The van der Waals surface area contributed by atoms with Gasteiger partial charge in [0.25, 0.3) is 0 Å². The quantitative estimate of drug-likeness (QED) is 0.547. The predicted molar refractivity (Wildman–Crippen MR) is 78.9 cm³/mol. The maximum absolute atomic E-state index is 12.0. The van der Waals surface area contributed by atoms with E-state index in [0.717, 1.165) is 11.3 Å². The lowest BCUT2D eigenvalue weighted by Gasteiger charge is -2.06. The van der Waals surface area contributed by atoms with Crippen LogP contribution >= 0.6 is 0 Å². The average Bonchev–Trinajstić information content (AvgIpc) is 3.14. The van der Waals surface area contributed by atoms with Gasteiger partial charge in [0, 0.05) is 18.0 Å². The Bertz CT molecular complexity index is 754. The summed E-state index contributed by atoms with van der Waals surface area (Å²) in [4.78, 5) is 12.0. The number of aryl methyl sites for hydroxylation is 2. The monoisotopic (exact) mass is 297 g/mol. The van der Waals surface area contributed by atoms with Crippen LogP contribution in [0.3, 0.4) is 0 Å². The van der Waals surface area contributed by atoms with E-state index in [2.05, 4.69) is 10.3 Å². The van der Waals surface area contributed by atoms with Gasteiger partial charge in [-0.2, -0.15) is 5.10 Å². The van der Waals surface area contributed by atoms with Gasteiger partial charge in [-0.05, 0) is 44.2 Å². The third kappa shape index (κ3) is 2.90. The van der Waals surface area contributed by atoms with Crippen LogP contribution in [-0.4, -0.2) is 20.9 Å². The average molecular weight is 297 g/mol. The number of ether oxygens (including phenoxy) is 1. The van der Waals surface area contributed by atoms with Crippen molar-refractivity contribution in [2.45, 2.75) is 20.3 Å². The Morgan fingerprint density at radius 2 is 2.05 bits per heavy atom. The molecule has 0 unspecified atom stereocenters. The van der Waals surface area contributed by atoms with Gasteiger partial charge in [0.1, 0.15) is 11.5 Å². The minimum Gasteiger partial charge on any atom is -0.426 e. The van der Waals surface area contributed by atoms with Crippen molar-refractivity contribution in [2.75, 3.05) is 0 Å². The molecule has 0 aliphatic rings. The summed E-state index contributed by atoms with van der Waals surface area (Å²) in [6, 6.07) is 9.00. The smallest absolute Gasteiger partial charge is 0.315 e. The Labute approximate surface area is 127 Å². The van der Waals surface area contributed by atoms with Gasteiger partial charge in [-0.25, -0.2) is 4.68 Å². The molecule has 0 N–H and O–H groups in total. The fraction of sp³-hybridized carbons (Fsp3) is 0.188. The number of rotatable bonds is 4. The normalized spacial score (nSPS) is 10.6. The molecule has 0 bridgehead atoms. The number of hydrogen-bond donors (Lipinski definition) is 0. The summed E-state index contributed by atoms with van der Waals surface area (Å²) in [5.41, 5.74) is 2.39. The summed E-state index contributed by atoms with van der Waals surface area (Å²) in [6.07, 6.45) is 3.69. The number of carbonyl (C=O) groups is 1. The summed E-state index contributed by atoms with van der Waals surface area (Å²) >= 11 is 0. The molecule has 3 aromatic rings. The first-order valence-electron chi connectivity index (χ1n) is 6.86. The van der Waals surface area contributed by atoms with Crippen LogP contribution in [-0.2, 0) is 11.2 Å². The molecular formula is C16H15N3O3. The summed E-state index contributed by atoms with van der Waals surface area (Å²) in [5.74, 6) is 0.789. The molecule has 6 heteroatoms. The van der Waals surface area contributed by atoms with Crippen LogP contribution in [0.2, 0.25) is 0 Å². The molecule has 0 fully saturated rings. The van der Waals surface area contributed by atoms with Crippen molar-refractivity contribution in [3.63, 3.8) is 0 Å². The highest BCUT2D eigenvalue weighted by atomic mass is 16.5. The predicted octanol–water partition coefficient (Wildman–Crippen LogP) is 2.63. The lowest BCUT2D eigenvalue weighted by molar-refractivity contribution is -0.133. The van der Waals surface area contributed by atoms with E-state index in [0.29, 0.717) is 17.2 Å². The molecule has 0 saturated heterocycles. The van der Waals surface area contributed by atoms with Crippen molar-refractivity contribution in [2.24, 2.45) is 0 Å². The van der Waals surface area contributed by atoms with E-state index < -0.39 is 0 Å². The van der Waals surface area contributed by atoms with Crippen molar-refractivity contribution < 1.29 is 14.1 Å². The first-order valence-corrected chi connectivity index (χ1v) is 6.86. The first-order chi connectivity index (χ1) is 10.6. The van der Waals surface area contributed by atoms with Crippen LogP contribution in [0, 0.1) is 13.8 Å². The molecule has 22 heavy (non-hydrogen) atoms. The van der Waals surface area contributed by atoms with Gasteiger partial charge in [0.2, 0.25) is 0 Å². The summed E-state index contributed by atoms with van der Waals surface area (Å²) in [7, 11) is 0. The lowest BCUT2D eigenvalue weighted by atomic mass is 10.1. The Morgan fingerprint density at radius 1 is 1.27 bits per heavy atom. The molecule has 6 nitrogen and oxygen atoms in total. The molecule has 112 valence electrons. The van der Waals surface area contributed by atoms with Crippen LogP contribution in [0.1, 0.15) is 17.0 Å². The zero-order valence-corrected chi connectivity index (χ0v) is 12.3. The topological polar surface area (TPSA) is 70.2 Å². The molecule has 0 spiro atoms. The second-order valence-corrected chi connectivity index (χ2v) is 4.90. The maximum atomic E-state index is 12.0. The number of esters is 1. The van der Waals surface area contributed by atoms with E-state index >= 15 is 0 Å². The van der Waals surface area contributed by atoms with E-state index in [-0.39, 0.29) is 12.4 Å². The maximum Gasteiger partial charge on any atom is 0.315 e. The third-order valence-corrected chi connectivity index (χ3v) is 3.34. The van der Waals surface area contributed by atoms with Crippen LogP contribution in [0.4, 0.5) is 0 Å². The number of nitrogens with zero attached hydrogens (tertiary/aromatic N) is 3. The highest BCUT2D eigenvalue weighted by molar-refractivity contribution is 5.75. The fourth-order valence-corrected chi connectivity index (χ4v) is 2.15. The summed E-state index contributed by atoms with van der Waals surface area (Å²) in [5, 5.41) is 7.96. The zero-order valence-electron chi connectivity index (χ0n) is 12.3. The van der Waals surface area contributed by atoms with Crippen LogP contribution in [0.15, 0.2) is 47.2 Å². The number of hydrogen-bond acceptors (Lipinski definition) is 5. The largest absolute Gasteiger partial charge is 0.426 e. The minimum atomic E-state index is -0.346. The van der Waals surface area contributed by atoms with Gasteiger partial charge < -0.3 is 9.26 Å². The van der Waals surface area contributed by atoms with Crippen LogP contribution < -0.4 is 4.74 Å². The van der Waals surface area contributed by atoms with Gasteiger partial charge in [0.15, 0.2) is 0 Å². The number of aromatic nitrogens is 3. The standard InChI is InChI=1S/C16H15N3O3/c1-11-15(12(2)22-18-11)10-16(20)21-14-6-4-13(5-7-14)19-9-3-8-17-19/h3-9H,10H2,1-2H3. The van der Waals surface area contributed by atoms with Gasteiger partial charge in [-0.3, -0.25) is 4.79 Å². The van der Waals surface area contributed by atoms with E-state index in [1.807, 2.05) is 24.4 Å². The molecule has 2 aromatic heterocycles. The molecule has 0 radical (unpaired) electrons. The third-order valence-electron chi connectivity index (χ3n) is 3.34. The zero-order chi connectivity index (χ0) is 15.5. The lowest BCUT2D eigenvalue weighted by Crippen LogP contribution is -2.12. The Balaban J connectivity index is 1.67. The summed E-state index contributed by atoms with van der Waals surface area (Å²) in [6.45, 7) is 3.58. The fourth-order valence-electron chi connectivity index (χ4n) is 2.15. The second kappa shape index (κ2) is 5.85. The molecule has 3 rings (SSSR count). The van der Waals surface area contributed by atoms with E-state index in [9.17, 15) is 4.79 Å². The summed E-state index contributed by atoms with van der Waals surface area (Å²) < 4.78 is 12.1. The van der Waals surface area contributed by atoms with Crippen molar-refractivity contribution >= 4 is 5.97 Å². The van der Waals surface area contributed by atoms with Crippen molar-refractivity contribution in [3.8, 4) is 11.4 Å². The highest BCUT2D eigenvalue weighted by Gasteiger charge is 2.15. The Kier molecular flexibility index (Phi) is 3.74. The highest BCUT2D eigenvalue weighted by Crippen LogP contribution is 2.17.